The van der Waals surface area contributed by atoms with E-state index in [2.05, 4.69) is 30.6 Å². The molecular formula is C20H21FN8. The van der Waals surface area contributed by atoms with E-state index in [9.17, 15) is 4.39 Å². The molecule has 1 N–H and O–H groups in total. The van der Waals surface area contributed by atoms with Gasteiger partial charge in [0, 0.05) is 42.9 Å². The van der Waals surface area contributed by atoms with Crippen molar-refractivity contribution in [2.45, 2.75) is 31.9 Å². The third kappa shape index (κ3) is 3.22. The highest BCUT2D eigenvalue weighted by molar-refractivity contribution is 5.65. The normalized spacial score (nSPS) is 18.9. The van der Waals surface area contributed by atoms with E-state index in [-0.39, 0.29) is 11.8 Å². The summed E-state index contributed by atoms with van der Waals surface area (Å²) in [7, 11) is 1.84. The first-order chi connectivity index (χ1) is 13.9. The predicted octanol–water partition coefficient (Wildman–Crippen LogP) is 3.52. The van der Waals surface area contributed by atoms with Gasteiger partial charge in [-0.15, -0.1) is 10.2 Å². The number of alkyl halides is 1. The summed E-state index contributed by atoms with van der Waals surface area (Å²) in [5.41, 5.74) is 1.20. The first-order valence-corrected chi connectivity index (χ1v) is 9.52. The highest BCUT2D eigenvalue weighted by Gasteiger charge is 2.51. The smallest absolute Gasteiger partial charge is 0.228 e. The van der Waals surface area contributed by atoms with Crippen molar-refractivity contribution in [2.75, 3.05) is 5.32 Å². The van der Waals surface area contributed by atoms with Gasteiger partial charge in [0.1, 0.15) is 17.3 Å². The number of rotatable bonds is 5. The average molecular weight is 392 g/mol. The van der Waals surface area contributed by atoms with Crippen LogP contribution in [0, 0.1) is 5.92 Å². The van der Waals surface area contributed by atoms with Crippen molar-refractivity contribution in [3.63, 3.8) is 0 Å². The molecule has 9 heteroatoms. The van der Waals surface area contributed by atoms with Crippen LogP contribution in [0.3, 0.4) is 0 Å². The zero-order chi connectivity index (χ0) is 20.2. The van der Waals surface area contributed by atoms with Gasteiger partial charge in [-0.3, -0.25) is 9.08 Å². The Balaban J connectivity index is 1.43. The summed E-state index contributed by atoms with van der Waals surface area (Å²) >= 11 is 0. The molecule has 5 rings (SSSR count). The van der Waals surface area contributed by atoms with Gasteiger partial charge in [0.15, 0.2) is 5.65 Å². The summed E-state index contributed by atoms with van der Waals surface area (Å²) in [5, 5.41) is 15.9. The lowest BCUT2D eigenvalue weighted by Gasteiger charge is -2.12. The number of fused-ring (bicyclic) bond motifs is 1. The first-order valence-electron chi connectivity index (χ1n) is 9.52. The highest BCUT2D eigenvalue weighted by atomic mass is 19.1. The molecule has 0 amide bonds. The summed E-state index contributed by atoms with van der Waals surface area (Å²) < 4.78 is 17.9. The molecule has 1 aliphatic carbocycles. The maximum absolute atomic E-state index is 14.2. The van der Waals surface area contributed by atoms with E-state index in [1.165, 1.54) is 0 Å². The van der Waals surface area contributed by atoms with Gasteiger partial charge in [0.2, 0.25) is 5.95 Å². The first kappa shape index (κ1) is 17.7. The predicted molar refractivity (Wildman–Crippen MR) is 107 cm³/mol. The number of hydrogen-bond acceptors (Lipinski definition) is 6. The lowest BCUT2D eigenvalue weighted by molar-refractivity contribution is 0.179. The molecule has 2 atom stereocenters. The van der Waals surface area contributed by atoms with Crippen LogP contribution in [0.5, 0.6) is 0 Å². The van der Waals surface area contributed by atoms with Crippen molar-refractivity contribution in [1.29, 1.82) is 0 Å². The molecule has 4 aromatic rings. The molecule has 0 aliphatic heterocycles. The van der Waals surface area contributed by atoms with Crippen LogP contribution in [0.15, 0.2) is 42.9 Å². The molecule has 4 heterocycles. The van der Waals surface area contributed by atoms with Gasteiger partial charge in [-0.25, -0.2) is 14.4 Å². The van der Waals surface area contributed by atoms with E-state index in [0.717, 1.165) is 35.0 Å². The van der Waals surface area contributed by atoms with Gasteiger partial charge in [-0.05, 0) is 38.5 Å². The lowest BCUT2D eigenvalue weighted by Crippen LogP contribution is -2.16. The number of anilines is 2. The zero-order valence-electron chi connectivity index (χ0n) is 16.4. The van der Waals surface area contributed by atoms with Crippen molar-refractivity contribution >= 4 is 17.4 Å². The molecule has 0 saturated heterocycles. The van der Waals surface area contributed by atoms with Crippen molar-refractivity contribution in [3.8, 4) is 11.3 Å². The van der Waals surface area contributed by atoms with Crippen LogP contribution in [0.1, 0.15) is 32.0 Å². The molecule has 4 aromatic heterocycles. The topological polar surface area (TPSA) is 85.8 Å². The molecule has 29 heavy (non-hydrogen) atoms. The van der Waals surface area contributed by atoms with E-state index in [4.69, 9.17) is 0 Å². The minimum absolute atomic E-state index is 0.00271. The molecule has 1 fully saturated rings. The van der Waals surface area contributed by atoms with Crippen LogP contribution in [0.25, 0.3) is 16.9 Å². The number of aryl methyl sites for hydroxylation is 1. The second-order valence-electron chi connectivity index (χ2n) is 7.95. The number of pyridine rings is 1. The van der Waals surface area contributed by atoms with Crippen LogP contribution >= 0.6 is 0 Å². The zero-order valence-corrected chi connectivity index (χ0v) is 16.4. The largest absolute Gasteiger partial charge is 0.309 e. The molecule has 8 nitrogen and oxygen atoms in total. The molecule has 0 radical (unpaired) electrons. The van der Waals surface area contributed by atoms with Gasteiger partial charge in [-0.1, -0.05) is 0 Å². The molecule has 0 aromatic carbocycles. The quantitative estimate of drug-likeness (QED) is 0.559. The standard InChI is InChI=1S/C20H21FN8/c1-20(2,21)14-11-13(14)18-27-26-17-10-12(6-9-29(17)18)15-4-7-22-19(24-15)25-16-5-8-23-28(16)3/h4-10,13-14H,11H2,1-3H3,(H,22,24,25). The summed E-state index contributed by atoms with van der Waals surface area (Å²) in [4.78, 5) is 8.87. The van der Waals surface area contributed by atoms with Crippen molar-refractivity contribution in [2.24, 2.45) is 13.0 Å². The number of aromatic nitrogens is 7. The number of halogens is 1. The number of nitrogens with zero attached hydrogens (tertiary/aromatic N) is 7. The summed E-state index contributed by atoms with van der Waals surface area (Å²) in [6, 6.07) is 7.60. The van der Waals surface area contributed by atoms with Gasteiger partial charge in [0.05, 0.1) is 11.9 Å². The van der Waals surface area contributed by atoms with Crippen LogP contribution in [-0.2, 0) is 7.05 Å². The molecular weight excluding hydrogens is 371 g/mol. The van der Waals surface area contributed by atoms with E-state index in [1.807, 2.05) is 41.9 Å². The van der Waals surface area contributed by atoms with Gasteiger partial charge < -0.3 is 5.32 Å². The monoisotopic (exact) mass is 392 g/mol. The maximum Gasteiger partial charge on any atom is 0.228 e. The third-order valence-corrected chi connectivity index (χ3v) is 5.45. The third-order valence-electron chi connectivity index (χ3n) is 5.45. The fourth-order valence-electron chi connectivity index (χ4n) is 3.75. The second kappa shape index (κ2) is 6.33. The SMILES string of the molecule is Cn1nccc1Nc1nccc(-c2ccn3c(C4CC4C(C)(C)F)nnc3c2)n1. The Morgan fingerprint density at radius 1 is 1.17 bits per heavy atom. The molecule has 0 spiro atoms. The highest BCUT2D eigenvalue weighted by Crippen LogP contribution is 2.54. The van der Waals surface area contributed by atoms with Crippen LogP contribution < -0.4 is 5.32 Å². The maximum atomic E-state index is 14.2. The molecule has 2 unspecified atom stereocenters. The van der Waals surface area contributed by atoms with Crippen molar-refractivity contribution in [3.05, 3.63) is 48.7 Å². The second-order valence-corrected chi connectivity index (χ2v) is 7.95. The van der Waals surface area contributed by atoms with Crippen molar-refractivity contribution < 1.29 is 4.39 Å². The Labute approximate surface area is 166 Å². The van der Waals surface area contributed by atoms with Gasteiger partial charge in [-0.2, -0.15) is 5.10 Å². The Bertz CT molecular complexity index is 1190. The van der Waals surface area contributed by atoms with E-state index < -0.39 is 5.67 Å². The number of nitrogens with one attached hydrogen (secondary N) is 1. The van der Waals surface area contributed by atoms with E-state index >= 15 is 0 Å². The fourth-order valence-corrected chi connectivity index (χ4v) is 3.75. The van der Waals surface area contributed by atoms with E-state index in [1.54, 1.807) is 30.9 Å². The molecule has 148 valence electrons. The van der Waals surface area contributed by atoms with Crippen molar-refractivity contribution in [1.82, 2.24) is 34.3 Å². The minimum Gasteiger partial charge on any atom is -0.309 e. The molecule has 1 aliphatic rings. The minimum atomic E-state index is -1.20. The van der Waals surface area contributed by atoms with Gasteiger partial charge in [0.25, 0.3) is 0 Å². The molecule has 1 saturated carbocycles. The fraction of sp³-hybridized carbons (Fsp3) is 0.350. The Kier molecular flexibility index (Phi) is 3.87. The number of hydrogen-bond donors (Lipinski definition) is 1. The summed E-state index contributed by atoms with van der Waals surface area (Å²) in [6.07, 6.45) is 6.15. The van der Waals surface area contributed by atoms with E-state index in [0.29, 0.717) is 5.95 Å². The average Bonchev–Trinajstić information content (AvgIpc) is 3.25. The summed E-state index contributed by atoms with van der Waals surface area (Å²) in [5.74, 6) is 2.22. The van der Waals surface area contributed by atoms with Crippen LogP contribution in [0.2, 0.25) is 0 Å². The molecule has 0 bridgehead atoms. The van der Waals surface area contributed by atoms with Gasteiger partial charge >= 0.3 is 0 Å². The lowest BCUT2D eigenvalue weighted by atomic mass is 10.0. The Morgan fingerprint density at radius 2 is 2.03 bits per heavy atom. The van der Waals surface area contributed by atoms with Crippen LogP contribution in [-0.4, -0.2) is 40.0 Å². The summed E-state index contributed by atoms with van der Waals surface area (Å²) in [6.45, 7) is 3.26. The Hall–Kier alpha value is -3.36. The van der Waals surface area contributed by atoms with Crippen LogP contribution in [0.4, 0.5) is 16.2 Å². The Morgan fingerprint density at radius 3 is 2.76 bits per heavy atom.